The molecule has 0 fully saturated rings. The van der Waals surface area contributed by atoms with Crippen LogP contribution in [-0.4, -0.2) is 41.1 Å². The van der Waals surface area contributed by atoms with Gasteiger partial charge in [0.2, 0.25) is 0 Å². The first-order valence-corrected chi connectivity index (χ1v) is 7.81. The number of rotatable bonds is 5. The fourth-order valence-electron chi connectivity index (χ4n) is 2.24. The molecule has 0 unspecified atom stereocenters. The zero-order chi connectivity index (χ0) is 17.7. The molecule has 1 amide bonds. The summed E-state index contributed by atoms with van der Waals surface area (Å²) in [4.78, 5) is 23.1. The molecular formula is C17H23N3O4. The monoisotopic (exact) mass is 333 g/mol. The third-order valence-corrected chi connectivity index (χ3v) is 3.28. The van der Waals surface area contributed by atoms with Crippen LogP contribution in [0.3, 0.4) is 0 Å². The average Bonchev–Trinajstić information content (AvgIpc) is 2.91. The maximum Gasteiger partial charge on any atom is 0.407 e. The van der Waals surface area contributed by atoms with Crippen LogP contribution in [-0.2, 0) is 16.0 Å². The second-order valence-electron chi connectivity index (χ2n) is 6.42. The number of alkyl carbamates (subject to hydrolysis) is 1. The van der Waals surface area contributed by atoms with E-state index in [9.17, 15) is 9.59 Å². The zero-order valence-corrected chi connectivity index (χ0v) is 14.5. The molecule has 0 saturated carbocycles. The molecule has 0 atom stereocenters. The second-order valence-corrected chi connectivity index (χ2v) is 6.42. The second kappa shape index (κ2) is 7.33. The van der Waals surface area contributed by atoms with Crippen molar-refractivity contribution in [3.05, 3.63) is 30.0 Å². The molecule has 0 spiro atoms. The molecule has 1 aromatic carbocycles. The summed E-state index contributed by atoms with van der Waals surface area (Å²) < 4.78 is 11.7. The molecule has 1 aromatic heterocycles. The predicted molar refractivity (Wildman–Crippen MR) is 89.9 cm³/mol. The molecular weight excluding hydrogens is 310 g/mol. The fraction of sp³-hybridized carbons (Fsp3) is 0.471. The van der Waals surface area contributed by atoms with Gasteiger partial charge >= 0.3 is 12.1 Å². The normalized spacial score (nSPS) is 11.3. The van der Waals surface area contributed by atoms with Crippen molar-refractivity contribution < 1.29 is 19.1 Å². The van der Waals surface area contributed by atoms with Crippen LogP contribution in [0.2, 0.25) is 0 Å². The average molecular weight is 333 g/mol. The van der Waals surface area contributed by atoms with Gasteiger partial charge < -0.3 is 14.8 Å². The Kier molecular flexibility index (Phi) is 5.43. The van der Waals surface area contributed by atoms with Crippen molar-refractivity contribution in [2.75, 3.05) is 13.7 Å². The van der Waals surface area contributed by atoms with Crippen LogP contribution in [0.4, 0.5) is 4.79 Å². The summed E-state index contributed by atoms with van der Waals surface area (Å²) >= 11 is 0. The molecule has 0 aliphatic heterocycles. The Morgan fingerprint density at radius 3 is 2.71 bits per heavy atom. The van der Waals surface area contributed by atoms with Crippen LogP contribution >= 0.6 is 0 Å². The Hall–Kier alpha value is -2.57. The molecule has 0 radical (unpaired) electrons. The highest BCUT2D eigenvalue weighted by Gasteiger charge is 2.15. The molecule has 7 heteroatoms. The number of carbonyl (C=O) groups excluding carboxylic acids is 2. The Balaban J connectivity index is 1.90. The lowest BCUT2D eigenvalue weighted by Gasteiger charge is -2.19. The van der Waals surface area contributed by atoms with Gasteiger partial charge in [-0.05, 0) is 45.4 Å². The van der Waals surface area contributed by atoms with Crippen molar-refractivity contribution in [2.24, 2.45) is 0 Å². The van der Waals surface area contributed by atoms with Crippen molar-refractivity contribution in [1.29, 1.82) is 0 Å². The molecule has 0 bridgehead atoms. The Morgan fingerprint density at radius 1 is 1.29 bits per heavy atom. The predicted octanol–water partition coefficient (Wildman–Crippen LogP) is 2.74. The molecule has 1 N–H and O–H groups in total. The molecule has 7 nitrogen and oxygen atoms in total. The summed E-state index contributed by atoms with van der Waals surface area (Å²) in [6, 6.07) is 5.31. The lowest BCUT2D eigenvalue weighted by molar-refractivity contribution is 0.0525. The molecule has 130 valence electrons. The number of nitrogens with one attached hydrogen (secondary N) is 1. The molecule has 1 heterocycles. The minimum absolute atomic E-state index is 0.369. The van der Waals surface area contributed by atoms with Crippen molar-refractivity contribution in [1.82, 2.24) is 15.1 Å². The van der Waals surface area contributed by atoms with Gasteiger partial charge in [-0.2, -0.15) is 5.10 Å². The minimum atomic E-state index is -0.500. The number of methoxy groups -OCH3 is 1. The van der Waals surface area contributed by atoms with Crippen LogP contribution in [0.1, 0.15) is 37.6 Å². The lowest BCUT2D eigenvalue weighted by Crippen LogP contribution is -2.33. The summed E-state index contributed by atoms with van der Waals surface area (Å²) in [6.07, 6.45) is 2.01. The van der Waals surface area contributed by atoms with Crippen molar-refractivity contribution in [2.45, 2.75) is 39.3 Å². The molecule has 0 saturated heterocycles. The summed E-state index contributed by atoms with van der Waals surface area (Å²) in [5.74, 6) is -0.369. The van der Waals surface area contributed by atoms with Gasteiger partial charge in [-0.25, -0.2) is 9.59 Å². The minimum Gasteiger partial charge on any atom is -0.465 e. The SMILES string of the molecule is COC(=O)c1ccc2c(cnn2CCCNC(=O)OC(C)(C)C)c1. The van der Waals surface area contributed by atoms with Gasteiger partial charge in [0.05, 0.1) is 24.4 Å². The largest absolute Gasteiger partial charge is 0.465 e. The van der Waals surface area contributed by atoms with Gasteiger partial charge in [-0.3, -0.25) is 4.68 Å². The summed E-state index contributed by atoms with van der Waals surface area (Å²) in [5, 5.41) is 7.91. The van der Waals surface area contributed by atoms with Crippen LogP contribution < -0.4 is 5.32 Å². The van der Waals surface area contributed by atoms with E-state index >= 15 is 0 Å². The zero-order valence-electron chi connectivity index (χ0n) is 14.5. The van der Waals surface area contributed by atoms with E-state index in [2.05, 4.69) is 10.4 Å². The van der Waals surface area contributed by atoms with Crippen LogP contribution in [0.15, 0.2) is 24.4 Å². The maximum absolute atomic E-state index is 11.6. The van der Waals surface area contributed by atoms with Gasteiger partial charge in [-0.1, -0.05) is 0 Å². The van der Waals surface area contributed by atoms with Crippen molar-refractivity contribution >= 4 is 23.0 Å². The Bertz CT molecular complexity index is 731. The molecule has 0 aliphatic carbocycles. The molecule has 0 aliphatic rings. The van der Waals surface area contributed by atoms with E-state index in [1.54, 1.807) is 18.3 Å². The standard InChI is InChI=1S/C17H23N3O4/c1-17(2,3)24-16(22)18-8-5-9-20-14-7-6-12(15(21)23-4)10-13(14)11-19-20/h6-7,10-11H,5,8-9H2,1-4H3,(H,18,22). The molecule has 24 heavy (non-hydrogen) atoms. The number of benzene rings is 1. The number of aromatic nitrogens is 2. The van der Waals surface area contributed by atoms with Gasteiger partial charge in [0.15, 0.2) is 0 Å². The highest BCUT2D eigenvalue weighted by Crippen LogP contribution is 2.16. The number of nitrogens with zero attached hydrogens (tertiary/aromatic N) is 2. The molecule has 2 rings (SSSR count). The number of hydrogen-bond donors (Lipinski definition) is 1. The smallest absolute Gasteiger partial charge is 0.407 e. The van der Waals surface area contributed by atoms with E-state index in [0.29, 0.717) is 18.7 Å². The molecule has 2 aromatic rings. The first-order chi connectivity index (χ1) is 11.3. The van der Waals surface area contributed by atoms with Gasteiger partial charge in [-0.15, -0.1) is 0 Å². The number of aryl methyl sites for hydroxylation is 1. The van der Waals surface area contributed by atoms with E-state index in [-0.39, 0.29) is 5.97 Å². The summed E-state index contributed by atoms with van der Waals surface area (Å²) in [5.41, 5.74) is 0.927. The van der Waals surface area contributed by atoms with E-state index in [1.165, 1.54) is 7.11 Å². The fourth-order valence-corrected chi connectivity index (χ4v) is 2.24. The van der Waals surface area contributed by atoms with E-state index in [4.69, 9.17) is 9.47 Å². The Morgan fingerprint density at radius 2 is 2.04 bits per heavy atom. The first kappa shape index (κ1) is 17.8. The van der Waals surface area contributed by atoms with Crippen molar-refractivity contribution in [3.8, 4) is 0 Å². The number of ether oxygens (including phenoxy) is 2. The van der Waals surface area contributed by atoms with E-state index < -0.39 is 11.7 Å². The summed E-state index contributed by atoms with van der Waals surface area (Å²) in [6.45, 7) is 6.62. The highest BCUT2D eigenvalue weighted by atomic mass is 16.6. The van der Waals surface area contributed by atoms with Gasteiger partial charge in [0, 0.05) is 18.5 Å². The number of amides is 1. The quantitative estimate of drug-likeness (QED) is 0.672. The third kappa shape index (κ3) is 4.71. The first-order valence-electron chi connectivity index (χ1n) is 7.81. The van der Waals surface area contributed by atoms with E-state index in [1.807, 2.05) is 31.5 Å². The van der Waals surface area contributed by atoms with Crippen LogP contribution in [0, 0.1) is 0 Å². The number of esters is 1. The maximum atomic E-state index is 11.6. The third-order valence-electron chi connectivity index (χ3n) is 3.28. The lowest BCUT2D eigenvalue weighted by atomic mass is 10.1. The Labute approximate surface area is 140 Å². The number of hydrogen-bond acceptors (Lipinski definition) is 5. The van der Waals surface area contributed by atoms with Crippen molar-refractivity contribution in [3.63, 3.8) is 0 Å². The number of fused-ring (bicyclic) bond motifs is 1. The van der Waals surface area contributed by atoms with Gasteiger partial charge in [0.25, 0.3) is 0 Å². The summed E-state index contributed by atoms with van der Waals surface area (Å²) in [7, 11) is 1.35. The highest BCUT2D eigenvalue weighted by molar-refractivity contribution is 5.94. The van der Waals surface area contributed by atoms with Crippen LogP contribution in [0.25, 0.3) is 10.9 Å². The van der Waals surface area contributed by atoms with Gasteiger partial charge in [0.1, 0.15) is 5.60 Å². The van der Waals surface area contributed by atoms with E-state index in [0.717, 1.165) is 17.3 Å². The van der Waals surface area contributed by atoms with Crippen LogP contribution in [0.5, 0.6) is 0 Å². The number of carbonyl (C=O) groups is 2. The topological polar surface area (TPSA) is 82.5 Å².